The third-order valence-corrected chi connectivity index (χ3v) is 14.2. The van der Waals surface area contributed by atoms with Crippen molar-refractivity contribution >= 4 is 82.4 Å². The summed E-state index contributed by atoms with van der Waals surface area (Å²) in [5.41, 5.74) is 24.3. The third-order valence-electron chi connectivity index (χ3n) is 13.9. The van der Waals surface area contributed by atoms with E-state index in [-0.39, 0.29) is 75.4 Å². The molecule has 1 aliphatic heterocycles. The Balaban J connectivity index is 2.08. The van der Waals surface area contributed by atoms with E-state index >= 15 is 0 Å². The Morgan fingerprint density at radius 2 is 1.11 bits per heavy atom. The van der Waals surface area contributed by atoms with Crippen LogP contribution in [-0.2, 0) is 54.4 Å². The number of carbonyl (C=O) groups excluding carboxylic acids is 11. The summed E-state index contributed by atoms with van der Waals surface area (Å²) in [4.78, 5) is 154. The molecule has 22 N–H and O–H groups in total. The van der Waals surface area contributed by atoms with Gasteiger partial charge in [0.1, 0.15) is 60.4 Å². The summed E-state index contributed by atoms with van der Waals surface area (Å²) in [6.07, 6.45) is -3.75. The number of amides is 12. The van der Waals surface area contributed by atoms with E-state index in [1.165, 1.54) is 26.0 Å². The van der Waals surface area contributed by atoms with Crippen LogP contribution in [0.5, 0.6) is 0 Å². The lowest BCUT2D eigenvalue weighted by Gasteiger charge is -2.30. The number of carbonyl (C=O) groups is 11. The lowest BCUT2D eigenvalue weighted by molar-refractivity contribution is -0.137. The largest absolute Gasteiger partial charge is 0.391 e. The quantitative estimate of drug-likeness (QED) is 0.0476. The molecule has 85 heavy (non-hydrogen) atoms. The number of nitrogens with one attached hydrogen (secondary N) is 12. The molecule has 1 fully saturated rings. The molecule has 0 bridgehead atoms. The number of aliphatic hydroxyl groups excluding tert-OH is 2. The van der Waals surface area contributed by atoms with Gasteiger partial charge < -0.3 is 96.9 Å². The zero-order valence-corrected chi connectivity index (χ0v) is 49.4. The average Bonchev–Trinajstić information content (AvgIpc) is 3.68. The Bertz CT molecular complexity index is 2570. The smallest absolute Gasteiger partial charge is 0.319 e. The maximum atomic E-state index is 14.5. The highest BCUT2D eigenvalue weighted by molar-refractivity contribution is 6.33. The van der Waals surface area contributed by atoms with E-state index in [9.17, 15) is 63.0 Å². The molecule has 30 heteroatoms. The zero-order valence-electron chi connectivity index (χ0n) is 48.7. The van der Waals surface area contributed by atoms with E-state index in [2.05, 4.69) is 63.8 Å². The van der Waals surface area contributed by atoms with Gasteiger partial charge in [-0.05, 0) is 102 Å². The van der Waals surface area contributed by atoms with Gasteiger partial charge in [-0.15, -0.1) is 0 Å². The summed E-state index contributed by atoms with van der Waals surface area (Å²) >= 11 is 6.16. The Labute approximate surface area is 499 Å². The van der Waals surface area contributed by atoms with Crippen LogP contribution in [0.2, 0.25) is 5.02 Å². The van der Waals surface area contributed by atoms with Crippen LogP contribution >= 0.6 is 11.6 Å². The molecule has 0 spiro atoms. The van der Waals surface area contributed by atoms with Gasteiger partial charge >= 0.3 is 6.03 Å². The van der Waals surface area contributed by atoms with Crippen LogP contribution in [0, 0.1) is 5.92 Å². The standard InChI is InChI=1S/C55H87ClN16O13/c1-6-13-35-45(75)63-38(20-25-59)49(79)71-43(30(4)73)52(82)61-27-22-40(48(78)62-36(18-23-57)47(77)67-41(28-32-14-9-8-10-15-32)51(81)70-42(29(3)7-2)53(83)65-35)64-46(76)37(19-24-58)66-54(84)44(31(5)74)72-50(80)39(21-26-60)69-55(85)68-34-17-12-11-16-33(34)56/h8-12,14-17,29-31,35-44,73-74H,6-7,13,18-28,57-60H2,1-5H3,(H,61,82)(H,62,78)(H,63,75)(H,64,76)(H,65,83)(H,66,84)(H,67,77)(H,70,81)(H,71,79)(H,72,80)(H2,68,69,85). The van der Waals surface area contributed by atoms with Crippen LogP contribution in [-0.4, -0.2) is 181 Å². The summed E-state index contributed by atoms with van der Waals surface area (Å²) in [6.45, 7) is 6.44. The van der Waals surface area contributed by atoms with Crippen molar-refractivity contribution in [3.8, 4) is 0 Å². The van der Waals surface area contributed by atoms with Crippen molar-refractivity contribution < 1.29 is 63.0 Å². The molecule has 2 aromatic rings. The minimum atomic E-state index is -1.76. The number of nitrogens with two attached hydrogens (primary N) is 4. The molecule has 0 saturated carbocycles. The molecule has 472 valence electrons. The number of hydrogen-bond acceptors (Lipinski definition) is 17. The zero-order chi connectivity index (χ0) is 63.3. The second-order valence-corrected chi connectivity index (χ2v) is 21.1. The first-order chi connectivity index (χ1) is 40.4. The third kappa shape index (κ3) is 23.4. The Kier molecular flexibility index (Phi) is 31.2. The summed E-state index contributed by atoms with van der Waals surface area (Å²) in [7, 11) is 0. The van der Waals surface area contributed by atoms with E-state index in [4.69, 9.17) is 34.5 Å². The number of rotatable bonds is 24. The topological polar surface area (TPSA) is 477 Å². The molecule has 12 amide bonds. The van der Waals surface area contributed by atoms with E-state index in [0.717, 1.165) is 0 Å². The Morgan fingerprint density at radius 1 is 0.588 bits per heavy atom. The molecule has 3 rings (SSSR count). The lowest BCUT2D eigenvalue weighted by Crippen LogP contribution is -2.62. The van der Waals surface area contributed by atoms with Gasteiger partial charge in [-0.3, -0.25) is 47.9 Å². The predicted octanol–water partition coefficient (Wildman–Crippen LogP) is -4.04. The van der Waals surface area contributed by atoms with Gasteiger partial charge in [0.2, 0.25) is 59.1 Å². The molecule has 1 aliphatic rings. The number of hydrogen-bond donors (Lipinski definition) is 18. The van der Waals surface area contributed by atoms with Crippen molar-refractivity contribution in [2.24, 2.45) is 28.9 Å². The maximum absolute atomic E-state index is 14.5. The molecule has 0 radical (unpaired) electrons. The first kappa shape index (κ1) is 71.7. The van der Waals surface area contributed by atoms with Crippen molar-refractivity contribution in [1.82, 2.24) is 58.5 Å². The SMILES string of the molecule is CCCC1NC(=O)C(C(C)CC)NC(=O)C(Cc2ccccc2)NC(=O)C(CCN)NC(=O)C(NC(=O)C(CCN)NC(=O)C(NC(=O)C(CCN)NC(=O)Nc2ccccc2Cl)C(C)O)CCNC(=O)C(C(C)O)NC(=O)C(CCN)NC1=O. The first-order valence-electron chi connectivity index (χ1n) is 28.5. The molecule has 29 nitrogen and oxygen atoms in total. The Hall–Kier alpha value is -7.54. The summed E-state index contributed by atoms with van der Waals surface area (Å²) in [6, 6.07) is -0.887. The highest BCUT2D eigenvalue weighted by Gasteiger charge is 2.38. The van der Waals surface area contributed by atoms with Gasteiger partial charge in [0.25, 0.3) is 0 Å². The minimum Gasteiger partial charge on any atom is -0.391 e. The highest BCUT2D eigenvalue weighted by atomic mass is 35.5. The molecule has 13 atom stereocenters. The summed E-state index contributed by atoms with van der Waals surface area (Å²) in [5, 5.41) is 52.3. The van der Waals surface area contributed by atoms with Crippen molar-refractivity contribution in [2.45, 2.75) is 165 Å². The van der Waals surface area contributed by atoms with Crippen molar-refractivity contribution in [3.63, 3.8) is 0 Å². The fourth-order valence-electron chi connectivity index (χ4n) is 8.84. The van der Waals surface area contributed by atoms with Crippen LogP contribution in [0.15, 0.2) is 54.6 Å². The second-order valence-electron chi connectivity index (χ2n) is 20.7. The predicted molar refractivity (Wildman–Crippen MR) is 315 cm³/mol. The fraction of sp³-hybridized carbons (Fsp3) is 0.582. The fourth-order valence-corrected chi connectivity index (χ4v) is 9.03. The van der Waals surface area contributed by atoms with Crippen molar-refractivity contribution in [3.05, 3.63) is 65.2 Å². The molecule has 13 unspecified atom stereocenters. The van der Waals surface area contributed by atoms with Gasteiger partial charge in [-0.1, -0.05) is 87.7 Å². The second kappa shape index (κ2) is 37.0. The summed E-state index contributed by atoms with van der Waals surface area (Å²) in [5.74, 6) is -9.89. The number of para-hydroxylation sites is 1. The van der Waals surface area contributed by atoms with Crippen molar-refractivity contribution in [2.75, 3.05) is 38.0 Å². The minimum absolute atomic E-state index is 0.0907. The molecule has 1 saturated heterocycles. The van der Waals surface area contributed by atoms with Crippen molar-refractivity contribution in [1.29, 1.82) is 0 Å². The first-order valence-corrected chi connectivity index (χ1v) is 28.8. The van der Waals surface area contributed by atoms with E-state index in [1.54, 1.807) is 63.2 Å². The highest BCUT2D eigenvalue weighted by Crippen LogP contribution is 2.20. The van der Waals surface area contributed by atoms with Gasteiger partial charge in [0, 0.05) is 13.0 Å². The van der Waals surface area contributed by atoms with Crippen LogP contribution in [0.3, 0.4) is 0 Å². The Morgan fingerprint density at radius 3 is 1.66 bits per heavy atom. The monoisotopic (exact) mass is 1210 g/mol. The van der Waals surface area contributed by atoms with Crippen LogP contribution in [0.25, 0.3) is 0 Å². The molecular weight excluding hydrogens is 1130 g/mol. The molecular formula is C55H87ClN16O13. The normalized spacial score (nSPS) is 22.7. The maximum Gasteiger partial charge on any atom is 0.319 e. The number of halogens is 1. The van der Waals surface area contributed by atoms with Gasteiger partial charge in [0.15, 0.2) is 0 Å². The molecule has 2 aromatic carbocycles. The number of aliphatic hydroxyl groups is 2. The van der Waals surface area contributed by atoms with E-state index < -0.39 is 157 Å². The molecule has 0 aromatic heterocycles. The van der Waals surface area contributed by atoms with E-state index in [0.29, 0.717) is 18.4 Å². The van der Waals surface area contributed by atoms with Gasteiger partial charge in [0.05, 0.1) is 22.9 Å². The number of benzene rings is 2. The van der Waals surface area contributed by atoms with Gasteiger partial charge in [-0.2, -0.15) is 0 Å². The molecule has 1 heterocycles. The van der Waals surface area contributed by atoms with Crippen LogP contribution in [0.4, 0.5) is 10.5 Å². The average molecular weight is 1220 g/mol. The number of urea groups is 1. The van der Waals surface area contributed by atoms with E-state index in [1.807, 2.05) is 0 Å². The summed E-state index contributed by atoms with van der Waals surface area (Å²) < 4.78 is 0. The lowest BCUT2D eigenvalue weighted by atomic mass is 9.96. The van der Waals surface area contributed by atoms with Crippen LogP contribution < -0.4 is 86.7 Å². The number of anilines is 1. The van der Waals surface area contributed by atoms with Gasteiger partial charge in [-0.25, -0.2) is 4.79 Å². The van der Waals surface area contributed by atoms with Crippen LogP contribution in [0.1, 0.15) is 91.5 Å². The molecule has 0 aliphatic carbocycles.